The molecule has 0 amide bonds. The minimum Gasteiger partial charge on any atom is -0.381 e. The molecule has 0 spiro atoms. The Bertz CT molecular complexity index is 906. The number of hydrogen-bond acceptors (Lipinski definition) is 6. The summed E-state index contributed by atoms with van der Waals surface area (Å²) in [6.07, 6.45) is 5.36. The van der Waals surface area contributed by atoms with Crippen LogP contribution in [0.2, 0.25) is 0 Å². The number of hydrogen-bond donors (Lipinski definition) is 3. The van der Waals surface area contributed by atoms with Crippen molar-refractivity contribution in [3.63, 3.8) is 0 Å². The predicted octanol–water partition coefficient (Wildman–Crippen LogP) is 2.04. The lowest BCUT2D eigenvalue weighted by Gasteiger charge is -2.39. The highest BCUT2D eigenvalue weighted by Gasteiger charge is 2.56. The van der Waals surface area contributed by atoms with Gasteiger partial charge in [0.15, 0.2) is 0 Å². The Labute approximate surface area is 170 Å². The number of methoxy groups -OCH3 is 1. The van der Waals surface area contributed by atoms with Gasteiger partial charge in [-0.1, -0.05) is 24.3 Å². The fraction of sp³-hybridized carbons (Fsp3) is 0.263. The number of rotatable bonds is 9. The van der Waals surface area contributed by atoms with E-state index in [0.717, 1.165) is 24.5 Å². The quantitative estimate of drug-likeness (QED) is 0.186. The van der Waals surface area contributed by atoms with E-state index in [4.69, 9.17) is 22.2 Å². The molecule has 2 aromatic rings. The number of hydrazine groups is 1. The molecule has 1 unspecified atom stereocenters. The summed E-state index contributed by atoms with van der Waals surface area (Å²) in [5.41, 5.74) is 2.47. The van der Waals surface area contributed by atoms with Crippen molar-refractivity contribution < 1.29 is 22.3 Å². The molecule has 0 aliphatic carbocycles. The van der Waals surface area contributed by atoms with E-state index >= 15 is 8.78 Å². The molecule has 6 N–H and O–H groups in total. The van der Waals surface area contributed by atoms with Gasteiger partial charge in [-0.15, -0.1) is 0 Å². The highest BCUT2D eigenvalue weighted by Crippen LogP contribution is 2.44. The molecular weight excluding hydrogens is 404 g/mol. The van der Waals surface area contributed by atoms with Crippen LogP contribution in [0, 0.1) is 11.6 Å². The Kier molecular flexibility index (Phi) is 7.48. The third-order valence-corrected chi connectivity index (χ3v) is 4.30. The molecule has 0 radical (unpaired) electrons. The number of nitrogens with zero attached hydrogens (tertiary/aromatic N) is 3. The van der Waals surface area contributed by atoms with E-state index < -0.39 is 40.9 Å². The zero-order valence-corrected chi connectivity index (χ0v) is 16.1. The Hall–Kier alpha value is -3.02. The summed E-state index contributed by atoms with van der Waals surface area (Å²) in [6, 6.07) is 4.58. The van der Waals surface area contributed by atoms with Gasteiger partial charge in [0.1, 0.15) is 29.2 Å². The van der Waals surface area contributed by atoms with Gasteiger partial charge in [0.2, 0.25) is 0 Å². The fourth-order valence-electron chi connectivity index (χ4n) is 2.82. The van der Waals surface area contributed by atoms with Gasteiger partial charge in [0.25, 0.3) is 0 Å². The van der Waals surface area contributed by atoms with Crippen molar-refractivity contribution in [3.8, 4) is 0 Å². The first kappa shape index (κ1) is 23.3. The van der Waals surface area contributed by atoms with E-state index in [1.54, 1.807) is 12.2 Å². The van der Waals surface area contributed by atoms with Gasteiger partial charge in [-0.2, -0.15) is 13.9 Å². The summed E-state index contributed by atoms with van der Waals surface area (Å²) in [6.45, 7) is -0.469. The third kappa shape index (κ3) is 4.93. The van der Waals surface area contributed by atoms with Crippen molar-refractivity contribution in [3.05, 3.63) is 71.1 Å². The smallest absolute Gasteiger partial charge is 0.313 e. The van der Waals surface area contributed by atoms with Crippen molar-refractivity contribution in [1.82, 2.24) is 9.99 Å². The van der Waals surface area contributed by atoms with Gasteiger partial charge < -0.3 is 16.3 Å². The minimum atomic E-state index is -3.92. The van der Waals surface area contributed by atoms with E-state index in [9.17, 15) is 8.78 Å². The fourth-order valence-corrected chi connectivity index (χ4v) is 2.82. The lowest BCUT2D eigenvalue weighted by atomic mass is 9.81. The van der Waals surface area contributed by atoms with Crippen molar-refractivity contribution in [1.29, 1.82) is 0 Å². The van der Waals surface area contributed by atoms with Crippen LogP contribution in [0.1, 0.15) is 16.8 Å². The zero-order chi connectivity index (χ0) is 22.4. The van der Waals surface area contributed by atoms with Gasteiger partial charge in [-0.05, 0) is 17.7 Å². The van der Waals surface area contributed by atoms with Crippen LogP contribution in [0.5, 0.6) is 0 Å². The summed E-state index contributed by atoms with van der Waals surface area (Å²) >= 11 is 0. The Morgan fingerprint density at radius 3 is 2.53 bits per heavy atom. The lowest BCUT2D eigenvalue weighted by molar-refractivity contribution is -0.0964. The number of nitrogens with two attached hydrogens (primary N) is 3. The first-order chi connectivity index (χ1) is 14.2. The van der Waals surface area contributed by atoms with Crippen LogP contribution in [0.4, 0.5) is 17.6 Å². The van der Waals surface area contributed by atoms with Gasteiger partial charge in [0, 0.05) is 24.9 Å². The second kappa shape index (κ2) is 9.65. The maximum atomic E-state index is 15.6. The van der Waals surface area contributed by atoms with Crippen LogP contribution >= 0.6 is 0 Å². The number of pyridine rings is 1. The molecule has 0 saturated heterocycles. The summed E-state index contributed by atoms with van der Waals surface area (Å²) in [7, 11) is 1.51. The van der Waals surface area contributed by atoms with E-state index in [1.165, 1.54) is 19.4 Å². The number of halogens is 4. The van der Waals surface area contributed by atoms with Gasteiger partial charge in [-0.3, -0.25) is 9.99 Å². The Morgan fingerprint density at radius 2 is 1.97 bits per heavy atom. The van der Waals surface area contributed by atoms with E-state index in [0.29, 0.717) is 23.2 Å². The predicted molar refractivity (Wildman–Crippen MR) is 105 cm³/mol. The van der Waals surface area contributed by atoms with Crippen LogP contribution < -0.4 is 17.4 Å². The monoisotopic (exact) mass is 426 g/mol. The number of alkyl halides is 2. The highest BCUT2D eigenvalue weighted by molar-refractivity contribution is 5.54. The molecule has 1 aromatic carbocycles. The highest BCUT2D eigenvalue weighted by atomic mass is 19.3. The van der Waals surface area contributed by atoms with Crippen LogP contribution in [0.15, 0.2) is 47.7 Å². The zero-order valence-electron chi connectivity index (χ0n) is 16.1. The molecule has 7 nitrogen and oxygen atoms in total. The molecule has 11 heteroatoms. The lowest BCUT2D eigenvalue weighted by Crippen LogP contribution is -2.59. The average molecular weight is 426 g/mol. The van der Waals surface area contributed by atoms with Crippen molar-refractivity contribution >= 4 is 12.4 Å². The van der Waals surface area contributed by atoms with Crippen molar-refractivity contribution in [2.45, 2.75) is 11.5 Å². The molecule has 0 aliphatic rings. The Balaban J connectivity index is 2.52. The van der Waals surface area contributed by atoms with Crippen LogP contribution in [-0.4, -0.2) is 36.6 Å². The number of aromatic nitrogens is 1. The maximum Gasteiger partial charge on any atom is 0.313 e. The molecule has 1 heterocycles. The van der Waals surface area contributed by atoms with E-state index in [-0.39, 0.29) is 0 Å². The SMILES string of the molecule is COC/C=C/c1ccc(C(F)(F)C(N)(CN(N)/C=N\N)c2ccc(F)cc2F)nc1. The standard InChI is InChI=1S/C19H22F4N6O/c1-30-8-2-3-13-4-7-17(27-10-13)19(22,23)18(24,11-29(26)12-28-25)15-6-5-14(20)9-16(15)21/h2-7,9-10,12H,8,11,24-26H2,1H3/b3-2+,28-12-. The molecule has 30 heavy (non-hydrogen) atoms. The Morgan fingerprint density at radius 1 is 1.23 bits per heavy atom. The van der Waals surface area contributed by atoms with Crippen molar-refractivity contribution in [2.75, 3.05) is 20.3 Å². The van der Waals surface area contributed by atoms with E-state index in [1.807, 2.05) is 0 Å². The molecule has 1 atom stereocenters. The average Bonchev–Trinajstić information content (AvgIpc) is 2.68. The maximum absolute atomic E-state index is 15.6. The molecule has 162 valence electrons. The number of hydrazone groups is 1. The minimum absolute atomic E-state index is 0.336. The van der Waals surface area contributed by atoms with Gasteiger partial charge in [-0.25, -0.2) is 14.6 Å². The topological polar surface area (TPSA) is 116 Å². The second-order valence-corrected chi connectivity index (χ2v) is 6.44. The molecule has 0 saturated carbocycles. The first-order valence-corrected chi connectivity index (χ1v) is 8.64. The van der Waals surface area contributed by atoms with Gasteiger partial charge in [0.05, 0.1) is 13.2 Å². The number of ether oxygens (including phenoxy) is 1. The summed E-state index contributed by atoms with van der Waals surface area (Å²) in [4.78, 5) is 3.78. The summed E-state index contributed by atoms with van der Waals surface area (Å²) in [5, 5.41) is 3.82. The molecule has 1 aromatic heterocycles. The molecule has 0 aliphatic heterocycles. The second-order valence-electron chi connectivity index (χ2n) is 6.44. The first-order valence-electron chi connectivity index (χ1n) is 8.64. The van der Waals surface area contributed by atoms with Gasteiger partial charge >= 0.3 is 5.92 Å². The molecule has 0 fully saturated rings. The van der Waals surface area contributed by atoms with Crippen LogP contribution in [0.3, 0.4) is 0 Å². The third-order valence-electron chi connectivity index (χ3n) is 4.30. The number of benzene rings is 1. The molecule has 2 rings (SSSR count). The molecular formula is C19H22F4N6O. The summed E-state index contributed by atoms with van der Waals surface area (Å²) < 4.78 is 63.8. The normalized spacial score (nSPS) is 14.4. The van der Waals surface area contributed by atoms with E-state index in [2.05, 4.69) is 10.1 Å². The molecule has 0 bridgehead atoms. The van der Waals surface area contributed by atoms with Crippen molar-refractivity contribution in [2.24, 2.45) is 22.5 Å². The van der Waals surface area contributed by atoms with Crippen LogP contribution in [-0.2, 0) is 16.2 Å². The summed E-state index contributed by atoms with van der Waals surface area (Å²) in [5.74, 6) is 4.48. The van der Waals surface area contributed by atoms with Crippen LogP contribution in [0.25, 0.3) is 6.08 Å². The largest absolute Gasteiger partial charge is 0.381 e.